The molecule has 0 saturated heterocycles. The predicted octanol–water partition coefficient (Wildman–Crippen LogP) is 1.33. The van der Waals surface area contributed by atoms with Gasteiger partial charge in [0.2, 0.25) is 11.0 Å². The first-order valence-corrected chi connectivity index (χ1v) is 8.20. The summed E-state index contributed by atoms with van der Waals surface area (Å²) in [5.74, 6) is -0.321. The third kappa shape index (κ3) is 4.60. The molecule has 1 heterocycles. The van der Waals surface area contributed by atoms with Crippen LogP contribution in [0, 0.1) is 0 Å². The van der Waals surface area contributed by atoms with Gasteiger partial charge in [-0.15, -0.1) is 10.2 Å². The van der Waals surface area contributed by atoms with E-state index in [1.165, 1.54) is 0 Å². The molecule has 20 heavy (non-hydrogen) atoms. The van der Waals surface area contributed by atoms with Gasteiger partial charge in [0.15, 0.2) is 4.34 Å². The van der Waals surface area contributed by atoms with Crippen LogP contribution in [0.25, 0.3) is 0 Å². The minimum absolute atomic E-state index is 0.217. The number of rotatable bonds is 8. The molecular formula is C12H23N5OS2. The van der Waals surface area contributed by atoms with Crippen molar-refractivity contribution in [3.05, 3.63) is 0 Å². The van der Waals surface area contributed by atoms with E-state index >= 15 is 0 Å². The second-order valence-corrected chi connectivity index (χ2v) is 7.75. The number of aromatic nitrogens is 2. The molecule has 0 bridgehead atoms. The van der Waals surface area contributed by atoms with Crippen LogP contribution in [-0.4, -0.2) is 47.5 Å². The maximum atomic E-state index is 11.6. The highest BCUT2D eigenvalue weighted by Crippen LogP contribution is 2.32. The Morgan fingerprint density at radius 2 is 2.20 bits per heavy atom. The van der Waals surface area contributed by atoms with Crippen LogP contribution < -0.4 is 16.0 Å². The summed E-state index contributed by atoms with van der Waals surface area (Å²) in [7, 11) is 3.88. The first-order chi connectivity index (χ1) is 9.28. The molecule has 0 saturated carbocycles. The molecule has 3 N–H and O–H groups in total. The van der Waals surface area contributed by atoms with Gasteiger partial charge in [0.05, 0.1) is 5.54 Å². The van der Waals surface area contributed by atoms with E-state index in [-0.39, 0.29) is 11.2 Å². The molecule has 1 aromatic rings. The molecule has 0 radical (unpaired) electrons. The minimum Gasteiger partial charge on any atom is -0.368 e. The van der Waals surface area contributed by atoms with Gasteiger partial charge in [0.25, 0.3) is 0 Å². The lowest BCUT2D eigenvalue weighted by molar-refractivity contribution is -0.124. The normalized spacial score (nSPS) is 15.7. The van der Waals surface area contributed by atoms with E-state index in [0.29, 0.717) is 13.0 Å². The summed E-state index contributed by atoms with van der Waals surface area (Å²) < 4.78 is 0.907. The average molecular weight is 317 g/mol. The topological polar surface area (TPSA) is 84.1 Å². The second kappa shape index (κ2) is 7.24. The Bertz CT molecular complexity index is 451. The van der Waals surface area contributed by atoms with Gasteiger partial charge >= 0.3 is 0 Å². The lowest BCUT2D eigenvalue weighted by Gasteiger charge is -2.29. The Morgan fingerprint density at radius 1 is 1.55 bits per heavy atom. The highest BCUT2D eigenvalue weighted by molar-refractivity contribution is 8.01. The van der Waals surface area contributed by atoms with Crippen LogP contribution >= 0.6 is 23.1 Å². The van der Waals surface area contributed by atoms with Crippen LogP contribution in [0.3, 0.4) is 0 Å². The highest BCUT2D eigenvalue weighted by Gasteiger charge is 2.32. The summed E-state index contributed by atoms with van der Waals surface area (Å²) >= 11 is 3.17. The van der Waals surface area contributed by atoms with E-state index in [1.54, 1.807) is 23.1 Å². The molecule has 1 aromatic heterocycles. The van der Waals surface area contributed by atoms with Crippen molar-refractivity contribution >= 4 is 34.1 Å². The summed E-state index contributed by atoms with van der Waals surface area (Å²) in [4.78, 5) is 13.5. The number of anilines is 1. The molecule has 0 aromatic carbocycles. The summed E-state index contributed by atoms with van der Waals surface area (Å²) in [6.45, 7) is 6.59. The molecule has 8 heteroatoms. The van der Waals surface area contributed by atoms with Crippen LogP contribution in [-0.2, 0) is 4.79 Å². The van der Waals surface area contributed by atoms with Gasteiger partial charge in [-0.1, -0.05) is 36.9 Å². The van der Waals surface area contributed by atoms with Gasteiger partial charge in [-0.2, -0.15) is 0 Å². The second-order valence-electron chi connectivity index (χ2n) is 5.10. The Labute approximate surface area is 128 Å². The van der Waals surface area contributed by atoms with Gasteiger partial charge < -0.3 is 16.0 Å². The number of thioether (sulfide) groups is 1. The van der Waals surface area contributed by atoms with Gasteiger partial charge in [-0.3, -0.25) is 4.79 Å². The summed E-state index contributed by atoms with van der Waals surface area (Å²) in [6.07, 6.45) is 0.651. The van der Waals surface area contributed by atoms with E-state index in [2.05, 4.69) is 22.4 Å². The number of likely N-dealkylation sites (N-methyl/N-ethyl adjacent to an activating group) is 1. The minimum atomic E-state index is -0.684. The molecular weight excluding hydrogens is 294 g/mol. The number of hydrogen-bond acceptors (Lipinski definition) is 7. The van der Waals surface area contributed by atoms with Crippen LogP contribution in [0.4, 0.5) is 5.13 Å². The van der Waals surface area contributed by atoms with E-state index in [9.17, 15) is 4.79 Å². The van der Waals surface area contributed by atoms with E-state index < -0.39 is 5.54 Å². The van der Waals surface area contributed by atoms with Crippen molar-refractivity contribution in [3.63, 3.8) is 0 Å². The fourth-order valence-corrected chi connectivity index (χ4v) is 4.13. The van der Waals surface area contributed by atoms with Crippen molar-refractivity contribution in [1.82, 2.24) is 15.5 Å². The standard InChI is InChI=1S/C12H23N5OS2/c1-6-14-12(3,9(13)18)7-8(2)19-11-16-15-10(20-11)17(4)5/h8,14H,6-7H2,1-5H3,(H2,13,18). The SMILES string of the molecule is CCNC(C)(CC(C)Sc1nnc(N(C)C)s1)C(N)=O. The number of nitrogens with two attached hydrogens (primary N) is 1. The number of nitrogens with zero attached hydrogens (tertiary/aromatic N) is 3. The van der Waals surface area contributed by atoms with Gasteiger partial charge in [0, 0.05) is 19.3 Å². The van der Waals surface area contributed by atoms with Crippen molar-refractivity contribution in [3.8, 4) is 0 Å². The van der Waals surface area contributed by atoms with Crippen LogP contribution in [0.1, 0.15) is 27.2 Å². The lowest BCUT2D eigenvalue weighted by atomic mass is 9.95. The van der Waals surface area contributed by atoms with Gasteiger partial charge in [-0.05, 0) is 19.9 Å². The maximum absolute atomic E-state index is 11.6. The van der Waals surface area contributed by atoms with Gasteiger partial charge in [0.1, 0.15) is 0 Å². The number of amides is 1. The molecule has 1 amide bonds. The number of primary amides is 1. The number of nitrogens with one attached hydrogen (secondary N) is 1. The number of hydrogen-bond donors (Lipinski definition) is 2. The molecule has 114 valence electrons. The van der Waals surface area contributed by atoms with Crippen LogP contribution in [0.15, 0.2) is 4.34 Å². The zero-order chi connectivity index (χ0) is 15.3. The number of carbonyl (C=O) groups is 1. The smallest absolute Gasteiger partial charge is 0.237 e. The van der Waals surface area contributed by atoms with Crippen LogP contribution in [0.5, 0.6) is 0 Å². The molecule has 2 atom stereocenters. The fourth-order valence-electron chi connectivity index (χ4n) is 1.87. The predicted molar refractivity (Wildman–Crippen MR) is 85.4 cm³/mol. The first kappa shape index (κ1) is 17.2. The molecule has 0 spiro atoms. The van der Waals surface area contributed by atoms with E-state index in [1.807, 2.05) is 32.8 Å². The van der Waals surface area contributed by atoms with Crippen molar-refractivity contribution in [2.24, 2.45) is 5.73 Å². The molecule has 0 aliphatic rings. The third-order valence-corrected chi connectivity index (χ3v) is 5.16. The van der Waals surface area contributed by atoms with Gasteiger partial charge in [-0.25, -0.2) is 0 Å². The lowest BCUT2D eigenvalue weighted by Crippen LogP contribution is -2.54. The van der Waals surface area contributed by atoms with Crippen molar-refractivity contribution in [2.45, 2.75) is 42.3 Å². The first-order valence-electron chi connectivity index (χ1n) is 6.51. The Morgan fingerprint density at radius 3 is 2.65 bits per heavy atom. The largest absolute Gasteiger partial charge is 0.368 e. The third-order valence-electron chi connectivity index (χ3n) is 2.89. The van der Waals surface area contributed by atoms with Crippen LogP contribution in [0.2, 0.25) is 0 Å². The Hall–Kier alpha value is -0.860. The molecule has 0 aliphatic heterocycles. The van der Waals surface area contributed by atoms with E-state index in [0.717, 1.165) is 9.47 Å². The number of carbonyl (C=O) groups excluding carboxylic acids is 1. The average Bonchev–Trinajstić information content (AvgIpc) is 2.77. The summed E-state index contributed by atoms with van der Waals surface area (Å²) in [6, 6.07) is 0. The fraction of sp³-hybridized carbons (Fsp3) is 0.750. The highest BCUT2D eigenvalue weighted by atomic mass is 32.2. The molecule has 0 fully saturated rings. The zero-order valence-corrected chi connectivity index (χ0v) is 14.3. The van der Waals surface area contributed by atoms with Crippen molar-refractivity contribution in [1.29, 1.82) is 0 Å². The monoisotopic (exact) mass is 317 g/mol. The molecule has 2 unspecified atom stereocenters. The maximum Gasteiger partial charge on any atom is 0.237 e. The van der Waals surface area contributed by atoms with Crippen molar-refractivity contribution < 1.29 is 4.79 Å². The summed E-state index contributed by atoms with van der Waals surface area (Å²) in [5, 5.41) is 12.5. The Balaban J connectivity index is 2.65. The Kier molecular flexibility index (Phi) is 6.22. The zero-order valence-electron chi connectivity index (χ0n) is 12.6. The molecule has 0 aliphatic carbocycles. The summed E-state index contributed by atoms with van der Waals surface area (Å²) in [5.41, 5.74) is 4.82. The quantitative estimate of drug-likeness (QED) is 0.704. The van der Waals surface area contributed by atoms with Crippen molar-refractivity contribution in [2.75, 3.05) is 25.5 Å². The molecule has 1 rings (SSSR count). The van der Waals surface area contributed by atoms with E-state index in [4.69, 9.17) is 5.73 Å². The molecule has 6 nitrogen and oxygen atoms in total.